The molecular weight excluding hydrogens is 310 g/mol. The molecule has 132 valence electrons. The van der Waals surface area contributed by atoms with E-state index in [1.807, 2.05) is 20.8 Å². The fourth-order valence-electron chi connectivity index (χ4n) is 2.28. The van der Waals surface area contributed by atoms with E-state index in [4.69, 9.17) is 14.6 Å². The monoisotopic (exact) mass is 333 g/mol. The van der Waals surface area contributed by atoms with Crippen molar-refractivity contribution in [2.45, 2.75) is 57.8 Å². The predicted octanol–water partition coefficient (Wildman–Crippen LogP) is -2.79. The maximum absolute atomic E-state index is 12.0. The van der Waals surface area contributed by atoms with Crippen molar-refractivity contribution in [3.05, 3.63) is 0 Å². The highest BCUT2D eigenvalue weighted by molar-refractivity contribution is 6.40. The van der Waals surface area contributed by atoms with Crippen LogP contribution in [0.15, 0.2) is 5.10 Å². The van der Waals surface area contributed by atoms with Gasteiger partial charge in [-0.3, -0.25) is 10.2 Å². The number of rotatable bonds is 3. The lowest BCUT2D eigenvalue weighted by atomic mass is 9.89. The maximum atomic E-state index is 12.0. The average molecular weight is 333 g/mol. The summed E-state index contributed by atoms with van der Waals surface area (Å²) in [7, 11) is 0. The van der Waals surface area contributed by atoms with Crippen molar-refractivity contribution in [1.82, 2.24) is 10.7 Å². The molecule has 23 heavy (non-hydrogen) atoms. The number of carbonyl (C=O) groups is 1. The smallest absolute Gasteiger partial charge is 0.271 e. The molecule has 2 aliphatic heterocycles. The van der Waals surface area contributed by atoms with Crippen LogP contribution in [0.2, 0.25) is 0 Å². The number of amides is 1. The summed E-state index contributed by atoms with van der Waals surface area (Å²) in [5.74, 6) is -0.439. The molecule has 2 heterocycles. The van der Waals surface area contributed by atoms with E-state index in [0.717, 1.165) is 0 Å². The zero-order chi connectivity index (χ0) is 17.4. The number of nitrogens with one attached hydrogen (secondary N) is 2. The molecule has 1 amide bonds. The van der Waals surface area contributed by atoms with Crippen molar-refractivity contribution in [3.8, 4) is 0 Å². The van der Waals surface area contributed by atoms with Crippen LogP contribution in [-0.2, 0) is 14.3 Å². The van der Waals surface area contributed by atoms with Crippen LogP contribution in [0, 0.1) is 5.41 Å². The Morgan fingerprint density at radius 2 is 1.87 bits per heavy atom. The normalized spacial score (nSPS) is 38.6. The number of aliphatic hydroxyl groups excluding tert-OH is 4. The second kappa shape index (κ2) is 6.67. The van der Waals surface area contributed by atoms with Gasteiger partial charge in [-0.1, -0.05) is 20.8 Å². The Morgan fingerprint density at radius 3 is 2.39 bits per heavy atom. The second-order valence-electron chi connectivity index (χ2n) is 6.53. The number of ether oxygens (including phenoxy) is 2. The molecule has 0 spiro atoms. The highest BCUT2D eigenvalue weighted by Crippen LogP contribution is 2.23. The molecule has 10 nitrogen and oxygen atoms in total. The van der Waals surface area contributed by atoms with Gasteiger partial charge in [-0.2, -0.15) is 5.10 Å². The Hall–Kier alpha value is -1.30. The van der Waals surface area contributed by atoms with E-state index in [1.54, 1.807) is 0 Å². The average Bonchev–Trinajstić information content (AvgIpc) is 2.46. The molecule has 0 radical (unpaired) electrons. The fourth-order valence-corrected chi connectivity index (χ4v) is 2.28. The third kappa shape index (κ3) is 3.79. The number of hydrogen-bond acceptors (Lipinski definition) is 9. The molecule has 10 heteroatoms. The Morgan fingerprint density at radius 1 is 1.22 bits per heavy atom. The van der Waals surface area contributed by atoms with Crippen molar-refractivity contribution < 1.29 is 34.7 Å². The SMILES string of the molecule is CC(C)(C)C1=NNC(O[C@@H]2O[C@H](CO)[C@@H](O)[C@H](O)[C@H]2O)NC1=O. The van der Waals surface area contributed by atoms with Gasteiger partial charge in [0.1, 0.15) is 30.1 Å². The molecule has 6 N–H and O–H groups in total. The maximum Gasteiger partial charge on any atom is 0.271 e. The van der Waals surface area contributed by atoms with Crippen LogP contribution in [0.4, 0.5) is 0 Å². The zero-order valence-electron chi connectivity index (χ0n) is 13.1. The number of hydrogen-bond donors (Lipinski definition) is 6. The minimum Gasteiger partial charge on any atom is -0.394 e. The molecule has 2 rings (SSSR count). The van der Waals surface area contributed by atoms with Crippen LogP contribution in [0.25, 0.3) is 0 Å². The minimum absolute atomic E-state index is 0.283. The Balaban J connectivity index is 2.03. The van der Waals surface area contributed by atoms with Gasteiger partial charge in [0.15, 0.2) is 6.29 Å². The van der Waals surface area contributed by atoms with Crippen molar-refractivity contribution in [1.29, 1.82) is 0 Å². The summed E-state index contributed by atoms with van der Waals surface area (Å²) < 4.78 is 10.5. The molecule has 2 aliphatic rings. The molecule has 0 aromatic rings. The van der Waals surface area contributed by atoms with Crippen LogP contribution in [0.3, 0.4) is 0 Å². The molecule has 0 bridgehead atoms. The van der Waals surface area contributed by atoms with Gasteiger partial charge < -0.3 is 35.2 Å². The number of aliphatic hydroxyl groups is 4. The summed E-state index contributed by atoms with van der Waals surface area (Å²) in [6.45, 7) is 4.91. The first-order valence-corrected chi connectivity index (χ1v) is 7.25. The Labute approximate surface area is 133 Å². The Bertz CT molecular complexity index is 477. The van der Waals surface area contributed by atoms with E-state index >= 15 is 0 Å². The Kier molecular flexibility index (Phi) is 5.23. The minimum atomic E-state index is -1.56. The van der Waals surface area contributed by atoms with E-state index in [9.17, 15) is 20.1 Å². The third-order valence-electron chi connectivity index (χ3n) is 3.60. The molecule has 0 aromatic carbocycles. The topological polar surface area (TPSA) is 153 Å². The molecule has 6 atom stereocenters. The summed E-state index contributed by atoms with van der Waals surface area (Å²) in [4.78, 5) is 12.0. The first-order chi connectivity index (χ1) is 10.6. The van der Waals surface area contributed by atoms with Crippen LogP contribution >= 0.6 is 0 Å². The van der Waals surface area contributed by atoms with Crippen molar-refractivity contribution >= 4 is 11.6 Å². The van der Waals surface area contributed by atoms with Gasteiger partial charge in [0, 0.05) is 5.41 Å². The predicted molar refractivity (Wildman–Crippen MR) is 76.8 cm³/mol. The van der Waals surface area contributed by atoms with E-state index in [1.165, 1.54) is 0 Å². The molecule has 0 saturated carbocycles. The summed E-state index contributed by atoms with van der Waals surface area (Å²) in [5, 5.41) is 44.8. The van der Waals surface area contributed by atoms with Crippen LogP contribution in [0.1, 0.15) is 20.8 Å². The van der Waals surface area contributed by atoms with Crippen molar-refractivity contribution in [3.63, 3.8) is 0 Å². The van der Waals surface area contributed by atoms with E-state index < -0.39 is 55.0 Å². The van der Waals surface area contributed by atoms with Crippen LogP contribution in [-0.4, -0.2) is 75.7 Å². The molecule has 1 saturated heterocycles. The molecule has 0 aliphatic carbocycles. The largest absolute Gasteiger partial charge is 0.394 e. The second-order valence-corrected chi connectivity index (χ2v) is 6.53. The van der Waals surface area contributed by atoms with Crippen molar-refractivity contribution in [2.75, 3.05) is 6.61 Å². The standard InChI is InChI=1S/C13H23N3O7/c1-13(2,3)9-10(21)14-12(16-15-9)23-11-8(20)7(19)6(18)5(4-17)22-11/h5-8,11-12,16-20H,4H2,1-3H3,(H,14,21)/t5-,6-,7+,8-,11+,12?/m1/s1. The van der Waals surface area contributed by atoms with Gasteiger partial charge in [-0.25, -0.2) is 0 Å². The molecule has 1 unspecified atom stereocenters. The lowest BCUT2D eigenvalue weighted by Gasteiger charge is -2.41. The van der Waals surface area contributed by atoms with Gasteiger partial charge in [0.25, 0.3) is 5.91 Å². The first-order valence-electron chi connectivity index (χ1n) is 7.25. The summed E-state index contributed by atoms with van der Waals surface area (Å²) in [6.07, 6.45) is -8.14. The number of hydrazone groups is 1. The highest BCUT2D eigenvalue weighted by Gasteiger charge is 2.45. The van der Waals surface area contributed by atoms with Gasteiger partial charge >= 0.3 is 0 Å². The number of nitrogens with zero attached hydrogens (tertiary/aromatic N) is 1. The number of carbonyl (C=O) groups excluding carboxylic acids is 1. The van der Waals surface area contributed by atoms with Gasteiger partial charge in [0.05, 0.1) is 6.61 Å². The third-order valence-corrected chi connectivity index (χ3v) is 3.60. The van der Waals surface area contributed by atoms with Gasteiger partial charge in [0.2, 0.25) is 6.35 Å². The van der Waals surface area contributed by atoms with E-state index in [2.05, 4.69) is 15.8 Å². The molecular formula is C13H23N3O7. The highest BCUT2D eigenvalue weighted by atomic mass is 16.7. The quantitative estimate of drug-likeness (QED) is 0.324. The van der Waals surface area contributed by atoms with Crippen LogP contribution in [0.5, 0.6) is 0 Å². The molecule has 0 aromatic heterocycles. The summed E-state index contributed by atoms with van der Waals surface area (Å²) >= 11 is 0. The van der Waals surface area contributed by atoms with Crippen molar-refractivity contribution in [2.24, 2.45) is 10.5 Å². The summed E-state index contributed by atoms with van der Waals surface area (Å²) in [5.41, 5.74) is 2.39. The van der Waals surface area contributed by atoms with E-state index in [-0.39, 0.29) is 5.71 Å². The van der Waals surface area contributed by atoms with Crippen LogP contribution < -0.4 is 10.7 Å². The van der Waals surface area contributed by atoms with Gasteiger partial charge in [-0.15, -0.1) is 0 Å². The lowest BCUT2D eigenvalue weighted by molar-refractivity contribution is -0.315. The fraction of sp³-hybridized carbons (Fsp3) is 0.846. The first kappa shape index (κ1) is 18.0. The zero-order valence-corrected chi connectivity index (χ0v) is 13.1. The molecule has 1 fully saturated rings. The summed E-state index contributed by atoms with van der Waals surface area (Å²) in [6, 6.07) is 0. The van der Waals surface area contributed by atoms with Gasteiger partial charge in [-0.05, 0) is 0 Å². The lowest BCUT2D eigenvalue weighted by Crippen LogP contribution is -2.63. The van der Waals surface area contributed by atoms with E-state index in [0.29, 0.717) is 0 Å².